The number of hydrogen-bond acceptors (Lipinski definition) is 4. The molecule has 1 fully saturated rings. The molecular formula is C14H26N2O5. The Bertz CT molecular complexity index is 364. The van der Waals surface area contributed by atoms with Gasteiger partial charge in [-0.1, -0.05) is 0 Å². The molecule has 7 nitrogen and oxygen atoms in total. The van der Waals surface area contributed by atoms with Gasteiger partial charge in [0.15, 0.2) is 0 Å². The minimum absolute atomic E-state index is 0.00441. The molecule has 7 heteroatoms. The zero-order chi connectivity index (χ0) is 16.0. The molecule has 21 heavy (non-hydrogen) atoms. The minimum atomic E-state index is -1.23. The number of likely N-dealkylation sites (N-methyl/N-ethyl adjacent to an activating group) is 1. The number of piperidine rings is 1. The zero-order valence-electron chi connectivity index (χ0n) is 13.0. The second kappa shape index (κ2) is 7.61. The van der Waals surface area contributed by atoms with Gasteiger partial charge in [-0.05, 0) is 33.6 Å². The Morgan fingerprint density at radius 1 is 1.33 bits per heavy atom. The first-order valence-electron chi connectivity index (χ1n) is 7.37. The van der Waals surface area contributed by atoms with E-state index in [0.29, 0.717) is 39.1 Å². The summed E-state index contributed by atoms with van der Waals surface area (Å²) in [6.07, 6.45) is 1.47. The maximum atomic E-state index is 12.5. The average Bonchev–Trinajstić information content (AvgIpc) is 2.45. The molecule has 0 radical (unpaired) electrons. The van der Waals surface area contributed by atoms with E-state index < -0.39 is 11.5 Å². The Balaban J connectivity index is 2.61. The largest absolute Gasteiger partial charge is 0.480 e. The highest BCUT2D eigenvalue weighted by Gasteiger charge is 2.39. The molecular weight excluding hydrogens is 276 g/mol. The van der Waals surface area contributed by atoms with E-state index in [1.54, 1.807) is 11.8 Å². The second-order valence-electron chi connectivity index (χ2n) is 5.67. The van der Waals surface area contributed by atoms with E-state index in [0.717, 1.165) is 0 Å². The Morgan fingerprint density at radius 2 is 1.90 bits per heavy atom. The molecule has 0 bridgehead atoms. The molecule has 1 rings (SSSR count). The van der Waals surface area contributed by atoms with Crippen molar-refractivity contribution < 1.29 is 24.5 Å². The van der Waals surface area contributed by atoms with Crippen molar-refractivity contribution in [3.8, 4) is 0 Å². The lowest BCUT2D eigenvalue weighted by atomic mass is 10.0. The van der Waals surface area contributed by atoms with Gasteiger partial charge >= 0.3 is 12.0 Å². The standard InChI is InChI=1S/C14H26N2O5/c1-4-16(14(2,3)12(18)19)13(20)15-7-5-11(6-8-15)21-10-9-17/h11,17H,4-10H2,1-3H3,(H,18,19). The molecule has 0 aliphatic carbocycles. The van der Waals surface area contributed by atoms with Crippen molar-refractivity contribution in [1.82, 2.24) is 9.80 Å². The van der Waals surface area contributed by atoms with Crippen molar-refractivity contribution in [2.45, 2.75) is 45.3 Å². The molecule has 0 saturated carbocycles. The number of amides is 2. The molecule has 0 aromatic carbocycles. The number of carbonyl (C=O) groups excluding carboxylic acids is 1. The Morgan fingerprint density at radius 3 is 2.33 bits per heavy atom. The third-order valence-corrected chi connectivity index (χ3v) is 3.90. The Labute approximate surface area is 125 Å². The first-order valence-corrected chi connectivity index (χ1v) is 7.37. The van der Waals surface area contributed by atoms with Crippen LogP contribution >= 0.6 is 0 Å². The van der Waals surface area contributed by atoms with Gasteiger partial charge in [-0.2, -0.15) is 0 Å². The average molecular weight is 302 g/mol. The zero-order valence-corrected chi connectivity index (χ0v) is 13.0. The van der Waals surface area contributed by atoms with Gasteiger partial charge in [0.05, 0.1) is 19.3 Å². The number of likely N-dealkylation sites (tertiary alicyclic amines) is 1. The lowest BCUT2D eigenvalue weighted by Crippen LogP contribution is -2.58. The van der Waals surface area contributed by atoms with Crippen LogP contribution in [0.5, 0.6) is 0 Å². The van der Waals surface area contributed by atoms with Crippen molar-refractivity contribution in [2.75, 3.05) is 32.8 Å². The van der Waals surface area contributed by atoms with Crippen molar-refractivity contribution in [2.24, 2.45) is 0 Å². The first kappa shape index (κ1) is 17.7. The Hall–Kier alpha value is -1.34. The highest BCUT2D eigenvalue weighted by atomic mass is 16.5. The molecule has 0 unspecified atom stereocenters. The van der Waals surface area contributed by atoms with E-state index in [2.05, 4.69) is 0 Å². The summed E-state index contributed by atoms with van der Waals surface area (Å²) in [4.78, 5) is 26.9. The van der Waals surface area contributed by atoms with Gasteiger partial charge in [-0.15, -0.1) is 0 Å². The van der Waals surface area contributed by atoms with E-state index in [4.69, 9.17) is 9.84 Å². The SMILES string of the molecule is CCN(C(=O)N1CCC(OCCO)CC1)C(C)(C)C(=O)O. The predicted molar refractivity (Wildman–Crippen MR) is 77.1 cm³/mol. The number of carbonyl (C=O) groups is 2. The number of carboxylic acid groups (broad SMARTS) is 1. The van der Waals surface area contributed by atoms with E-state index in [9.17, 15) is 14.7 Å². The number of aliphatic hydroxyl groups excluding tert-OH is 1. The highest BCUT2D eigenvalue weighted by Crippen LogP contribution is 2.20. The van der Waals surface area contributed by atoms with Crippen molar-refractivity contribution in [3.05, 3.63) is 0 Å². The van der Waals surface area contributed by atoms with Gasteiger partial charge in [0.2, 0.25) is 0 Å². The van der Waals surface area contributed by atoms with Crippen LogP contribution in [0.3, 0.4) is 0 Å². The normalized spacial score (nSPS) is 16.9. The fraction of sp³-hybridized carbons (Fsp3) is 0.857. The minimum Gasteiger partial charge on any atom is -0.480 e. The third-order valence-electron chi connectivity index (χ3n) is 3.90. The van der Waals surface area contributed by atoms with Crippen LogP contribution in [0.1, 0.15) is 33.6 Å². The van der Waals surface area contributed by atoms with E-state index in [-0.39, 0.29) is 18.7 Å². The van der Waals surface area contributed by atoms with Crippen LogP contribution in [0, 0.1) is 0 Å². The summed E-state index contributed by atoms with van der Waals surface area (Å²) >= 11 is 0. The lowest BCUT2D eigenvalue weighted by Gasteiger charge is -2.40. The number of urea groups is 1. The summed E-state index contributed by atoms with van der Waals surface area (Å²) in [5, 5.41) is 18.0. The Kier molecular flexibility index (Phi) is 6.42. The van der Waals surface area contributed by atoms with Crippen LogP contribution in [0.4, 0.5) is 4.79 Å². The smallest absolute Gasteiger partial charge is 0.329 e. The van der Waals surface area contributed by atoms with Crippen LogP contribution < -0.4 is 0 Å². The van der Waals surface area contributed by atoms with Crippen LogP contribution in [-0.2, 0) is 9.53 Å². The maximum Gasteiger partial charge on any atom is 0.329 e. The fourth-order valence-corrected chi connectivity index (χ4v) is 2.49. The molecule has 122 valence electrons. The van der Waals surface area contributed by atoms with E-state index in [1.165, 1.54) is 18.7 Å². The molecule has 0 aromatic rings. The van der Waals surface area contributed by atoms with E-state index in [1.807, 2.05) is 0 Å². The second-order valence-corrected chi connectivity index (χ2v) is 5.67. The first-order chi connectivity index (χ1) is 9.84. The summed E-state index contributed by atoms with van der Waals surface area (Å²) in [6, 6.07) is -0.245. The topological polar surface area (TPSA) is 90.3 Å². The summed E-state index contributed by atoms with van der Waals surface area (Å²) < 4.78 is 5.46. The van der Waals surface area contributed by atoms with Gasteiger partial charge < -0.3 is 24.7 Å². The number of aliphatic hydroxyl groups is 1. The highest BCUT2D eigenvalue weighted by molar-refractivity contribution is 5.85. The maximum absolute atomic E-state index is 12.5. The van der Waals surface area contributed by atoms with Crippen molar-refractivity contribution >= 4 is 12.0 Å². The molecule has 1 aliphatic rings. The van der Waals surface area contributed by atoms with E-state index >= 15 is 0 Å². The monoisotopic (exact) mass is 302 g/mol. The van der Waals surface area contributed by atoms with Crippen molar-refractivity contribution in [1.29, 1.82) is 0 Å². The molecule has 1 saturated heterocycles. The number of nitrogens with zero attached hydrogens (tertiary/aromatic N) is 2. The number of rotatable bonds is 6. The number of ether oxygens (including phenoxy) is 1. The molecule has 1 aliphatic heterocycles. The number of aliphatic carboxylic acids is 1. The molecule has 2 N–H and O–H groups in total. The quantitative estimate of drug-likeness (QED) is 0.756. The molecule has 0 spiro atoms. The molecule has 0 aromatic heterocycles. The van der Waals surface area contributed by atoms with Gasteiger partial charge in [-0.25, -0.2) is 9.59 Å². The number of hydrogen-bond donors (Lipinski definition) is 2. The molecule has 1 heterocycles. The summed E-state index contributed by atoms with van der Waals surface area (Å²) in [5.41, 5.74) is -1.23. The third kappa shape index (κ3) is 4.31. The van der Waals surface area contributed by atoms with Crippen molar-refractivity contribution in [3.63, 3.8) is 0 Å². The molecule has 2 amide bonds. The van der Waals surface area contributed by atoms with Gasteiger partial charge in [0.25, 0.3) is 0 Å². The van der Waals surface area contributed by atoms with Crippen LogP contribution in [0.25, 0.3) is 0 Å². The van der Waals surface area contributed by atoms with Crippen LogP contribution in [-0.4, -0.2) is 76.5 Å². The summed E-state index contributed by atoms with van der Waals surface area (Å²) in [7, 11) is 0. The van der Waals surface area contributed by atoms with Gasteiger partial charge in [0, 0.05) is 19.6 Å². The van der Waals surface area contributed by atoms with Gasteiger partial charge in [-0.3, -0.25) is 0 Å². The van der Waals surface area contributed by atoms with Crippen LogP contribution in [0.15, 0.2) is 0 Å². The number of carboxylic acids is 1. The molecule has 0 atom stereocenters. The summed E-state index contributed by atoms with van der Waals surface area (Å²) in [5.74, 6) is -1.01. The predicted octanol–water partition coefficient (Wildman–Crippen LogP) is 0.765. The van der Waals surface area contributed by atoms with Gasteiger partial charge in [0.1, 0.15) is 5.54 Å². The summed E-state index contributed by atoms with van der Waals surface area (Å²) in [6.45, 7) is 6.59. The lowest BCUT2D eigenvalue weighted by molar-refractivity contribution is -0.147. The van der Waals surface area contributed by atoms with Crippen LogP contribution in [0.2, 0.25) is 0 Å². The fourth-order valence-electron chi connectivity index (χ4n) is 2.49.